The number of furan rings is 1. The van der Waals surface area contributed by atoms with Gasteiger partial charge in [-0.25, -0.2) is 0 Å². The summed E-state index contributed by atoms with van der Waals surface area (Å²) in [5.74, 6) is 0. The number of anilines is 3. The molecule has 258 valence electrons. The van der Waals surface area contributed by atoms with Gasteiger partial charge in [0, 0.05) is 38.4 Å². The Balaban J connectivity index is 1.24. The highest BCUT2D eigenvalue weighted by Crippen LogP contribution is 2.47. The lowest BCUT2D eigenvalue weighted by molar-refractivity contribution is 0.669. The Hall–Kier alpha value is -7.36. The first-order valence-electron chi connectivity index (χ1n) is 18.8. The number of hydrogen-bond donors (Lipinski definition) is 0. The fraction of sp³-hybridized carbons (Fsp3) is 0. The standard InChI is InChI=1S/C52H34N2O/c1-3-16-35(17-4-1)40-22-9-12-26-46(40)53(48-28-15-25-44-43-24-11-14-29-51(43)55-52(44)48)39-30-31-42-41-23-10-13-27-47(41)54(50(42)34-39)49-33-38-21-8-7-20-37(38)32-45(49)36-18-5-2-6-19-36/h1-34H. The molecule has 0 aliphatic heterocycles. The Labute approximate surface area is 318 Å². The molecule has 11 rings (SSSR count). The molecule has 11 aromatic rings. The molecule has 0 radical (unpaired) electrons. The van der Waals surface area contributed by atoms with E-state index in [1.54, 1.807) is 0 Å². The van der Waals surface area contributed by atoms with Crippen LogP contribution in [0.5, 0.6) is 0 Å². The second-order valence-electron chi connectivity index (χ2n) is 14.1. The summed E-state index contributed by atoms with van der Waals surface area (Å²) < 4.78 is 9.20. The van der Waals surface area contributed by atoms with Crippen molar-refractivity contribution < 1.29 is 4.42 Å². The Morgan fingerprint density at radius 2 is 0.982 bits per heavy atom. The first kappa shape index (κ1) is 31.2. The van der Waals surface area contributed by atoms with Gasteiger partial charge in [-0.15, -0.1) is 0 Å². The summed E-state index contributed by atoms with van der Waals surface area (Å²) >= 11 is 0. The Morgan fingerprint density at radius 1 is 0.382 bits per heavy atom. The van der Waals surface area contributed by atoms with Gasteiger partial charge >= 0.3 is 0 Å². The molecule has 0 unspecified atom stereocenters. The van der Waals surface area contributed by atoms with Gasteiger partial charge in [-0.2, -0.15) is 0 Å². The van der Waals surface area contributed by atoms with E-state index in [1.807, 2.05) is 6.07 Å². The zero-order chi connectivity index (χ0) is 36.3. The van der Waals surface area contributed by atoms with Gasteiger partial charge in [-0.1, -0.05) is 158 Å². The van der Waals surface area contributed by atoms with Crippen LogP contribution in [0.1, 0.15) is 0 Å². The highest BCUT2D eigenvalue weighted by molar-refractivity contribution is 6.13. The van der Waals surface area contributed by atoms with Crippen LogP contribution in [0.25, 0.3) is 82.5 Å². The van der Waals surface area contributed by atoms with Crippen molar-refractivity contribution in [2.45, 2.75) is 0 Å². The second kappa shape index (κ2) is 12.6. The van der Waals surface area contributed by atoms with Crippen LogP contribution < -0.4 is 4.90 Å². The first-order chi connectivity index (χ1) is 27.3. The van der Waals surface area contributed by atoms with Crippen LogP contribution >= 0.6 is 0 Å². The molecular weight excluding hydrogens is 669 g/mol. The van der Waals surface area contributed by atoms with E-state index in [2.05, 4.69) is 210 Å². The van der Waals surface area contributed by atoms with Gasteiger partial charge in [0.2, 0.25) is 0 Å². The summed E-state index contributed by atoms with van der Waals surface area (Å²) in [5.41, 5.74) is 12.9. The molecule has 0 N–H and O–H groups in total. The highest BCUT2D eigenvalue weighted by Gasteiger charge is 2.24. The SMILES string of the molecule is c1ccc(-c2ccccc2N(c2ccc3c4ccccc4n(-c4cc5ccccc5cc4-c4ccccc4)c3c2)c2cccc3c2oc2ccccc23)cc1. The molecule has 3 heteroatoms. The van der Waals surface area contributed by atoms with E-state index in [1.165, 1.54) is 32.7 Å². The van der Waals surface area contributed by atoms with Crippen molar-refractivity contribution in [1.82, 2.24) is 4.57 Å². The summed E-state index contributed by atoms with van der Waals surface area (Å²) in [5, 5.41) is 7.03. The monoisotopic (exact) mass is 702 g/mol. The van der Waals surface area contributed by atoms with Crippen LogP contribution in [0, 0.1) is 0 Å². The minimum Gasteiger partial charge on any atom is -0.454 e. The summed E-state index contributed by atoms with van der Waals surface area (Å²) in [4.78, 5) is 2.38. The highest BCUT2D eigenvalue weighted by atomic mass is 16.3. The molecule has 0 aliphatic carbocycles. The van der Waals surface area contributed by atoms with Crippen LogP contribution in [-0.2, 0) is 0 Å². The van der Waals surface area contributed by atoms with Crippen molar-refractivity contribution in [3.63, 3.8) is 0 Å². The molecule has 0 saturated carbocycles. The van der Waals surface area contributed by atoms with E-state index in [-0.39, 0.29) is 0 Å². The third kappa shape index (κ3) is 5.05. The van der Waals surface area contributed by atoms with Crippen LogP contribution in [-0.4, -0.2) is 4.57 Å². The topological polar surface area (TPSA) is 21.3 Å². The van der Waals surface area contributed by atoms with E-state index >= 15 is 0 Å². The molecule has 0 aliphatic rings. The number of hydrogen-bond acceptors (Lipinski definition) is 2. The molecule has 9 aromatic carbocycles. The maximum Gasteiger partial charge on any atom is 0.159 e. The molecule has 2 heterocycles. The average Bonchev–Trinajstić information content (AvgIpc) is 3.80. The third-order valence-corrected chi connectivity index (χ3v) is 11.0. The molecule has 0 atom stereocenters. The minimum absolute atomic E-state index is 0.855. The number of benzene rings is 9. The first-order valence-corrected chi connectivity index (χ1v) is 18.8. The van der Waals surface area contributed by atoms with Gasteiger partial charge in [0.15, 0.2) is 5.58 Å². The van der Waals surface area contributed by atoms with Crippen LogP contribution in [0.2, 0.25) is 0 Å². The van der Waals surface area contributed by atoms with Crippen LogP contribution in [0.4, 0.5) is 17.1 Å². The van der Waals surface area contributed by atoms with Crippen molar-refractivity contribution in [2.75, 3.05) is 4.90 Å². The Bertz CT molecular complexity index is 3210. The smallest absolute Gasteiger partial charge is 0.159 e. The van der Waals surface area contributed by atoms with Crippen LogP contribution in [0.15, 0.2) is 211 Å². The molecule has 0 amide bonds. The lowest BCUT2D eigenvalue weighted by Gasteiger charge is -2.28. The van der Waals surface area contributed by atoms with E-state index < -0.39 is 0 Å². The lowest BCUT2D eigenvalue weighted by Crippen LogP contribution is -2.11. The van der Waals surface area contributed by atoms with Crippen molar-refractivity contribution >= 4 is 71.6 Å². The third-order valence-electron chi connectivity index (χ3n) is 11.0. The second-order valence-corrected chi connectivity index (χ2v) is 14.1. The minimum atomic E-state index is 0.855. The summed E-state index contributed by atoms with van der Waals surface area (Å²) in [6.07, 6.45) is 0. The molecular formula is C52H34N2O. The predicted octanol–water partition coefficient (Wildman–Crippen LogP) is 14.6. The molecule has 0 saturated heterocycles. The van der Waals surface area contributed by atoms with E-state index in [4.69, 9.17) is 4.42 Å². The maximum absolute atomic E-state index is 6.74. The number of fused-ring (bicyclic) bond motifs is 7. The van der Waals surface area contributed by atoms with Gasteiger partial charge in [0.1, 0.15) is 5.58 Å². The Morgan fingerprint density at radius 3 is 1.80 bits per heavy atom. The predicted molar refractivity (Wildman–Crippen MR) is 231 cm³/mol. The largest absolute Gasteiger partial charge is 0.454 e. The van der Waals surface area contributed by atoms with Gasteiger partial charge in [0.05, 0.1) is 28.1 Å². The van der Waals surface area contributed by atoms with E-state index in [0.717, 1.165) is 66.8 Å². The molecule has 3 nitrogen and oxygen atoms in total. The quantitative estimate of drug-likeness (QED) is 0.172. The summed E-state index contributed by atoms with van der Waals surface area (Å²) in [6, 6.07) is 74.0. The molecule has 55 heavy (non-hydrogen) atoms. The van der Waals surface area contributed by atoms with Gasteiger partial charge in [-0.05, 0) is 70.4 Å². The van der Waals surface area contributed by atoms with Crippen molar-refractivity contribution in [2.24, 2.45) is 0 Å². The number of aromatic nitrogens is 1. The maximum atomic E-state index is 6.74. The van der Waals surface area contributed by atoms with Crippen molar-refractivity contribution in [3.05, 3.63) is 206 Å². The van der Waals surface area contributed by atoms with E-state index in [0.29, 0.717) is 0 Å². The molecule has 0 bridgehead atoms. The zero-order valence-electron chi connectivity index (χ0n) is 29.9. The fourth-order valence-electron chi connectivity index (χ4n) is 8.47. The van der Waals surface area contributed by atoms with E-state index in [9.17, 15) is 0 Å². The fourth-order valence-corrected chi connectivity index (χ4v) is 8.47. The van der Waals surface area contributed by atoms with Crippen LogP contribution in [0.3, 0.4) is 0 Å². The van der Waals surface area contributed by atoms with Gasteiger partial charge in [0.25, 0.3) is 0 Å². The molecule has 2 aromatic heterocycles. The lowest BCUT2D eigenvalue weighted by atomic mass is 9.98. The average molecular weight is 703 g/mol. The summed E-state index contributed by atoms with van der Waals surface area (Å²) in [7, 11) is 0. The molecule has 0 spiro atoms. The summed E-state index contributed by atoms with van der Waals surface area (Å²) in [6.45, 7) is 0. The van der Waals surface area contributed by atoms with Crippen molar-refractivity contribution in [3.8, 4) is 27.9 Å². The van der Waals surface area contributed by atoms with Gasteiger partial charge < -0.3 is 13.9 Å². The number of para-hydroxylation sites is 4. The number of nitrogens with zero attached hydrogens (tertiary/aromatic N) is 2. The Kier molecular flexibility index (Phi) is 7.17. The normalized spacial score (nSPS) is 11.6. The van der Waals surface area contributed by atoms with Gasteiger partial charge in [-0.3, -0.25) is 0 Å². The molecule has 0 fully saturated rings. The zero-order valence-corrected chi connectivity index (χ0v) is 29.9. The number of rotatable bonds is 6. The van der Waals surface area contributed by atoms with Crippen molar-refractivity contribution in [1.29, 1.82) is 0 Å².